The van der Waals surface area contributed by atoms with E-state index in [0.717, 1.165) is 16.0 Å². The first-order valence-electron chi connectivity index (χ1n) is 4.89. The van der Waals surface area contributed by atoms with Crippen LogP contribution in [-0.4, -0.2) is 24.5 Å². The third-order valence-electron chi connectivity index (χ3n) is 2.53. The van der Waals surface area contributed by atoms with Crippen molar-refractivity contribution in [3.8, 4) is 0 Å². The van der Waals surface area contributed by atoms with Gasteiger partial charge in [-0.3, -0.25) is 4.90 Å². The Labute approximate surface area is 117 Å². The first kappa shape index (κ1) is 16.2. The molecule has 16 heavy (non-hydrogen) atoms. The minimum Gasteiger partial charge on any atom is -0.329 e. The van der Waals surface area contributed by atoms with E-state index in [2.05, 4.69) is 34.8 Å². The average molecular weight is 328 g/mol. The summed E-state index contributed by atoms with van der Waals surface area (Å²) >= 11 is 9.38. The SMILES string of the molecule is CC(CN)N(C)Cc1ccc(Cl)cc1Br.Cl. The summed E-state index contributed by atoms with van der Waals surface area (Å²) in [5, 5.41) is 0.750. The van der Waals surface area contributed by atoms with Crippen LogP contribution in [0.25, 0.3) is 0 Å². The molecule has 0 radical (unpaired) electrons. The van der Waals surface area contributed by atoms with Crippen molar-refractivity contribution in [2.75, 3.05) is 13.6 Å². The van der Waals surface area contributed by atoms with Crippen molar-refractivity contribution < 1.29 is 0 Å². The van der Waals surface area contributed by atoms with Gasteiger partial charge in [0, 0.05) is 28.6 Å². The molecular formula is C11H17BrCl2N2. The summed E-state index contributed by atoms with van der Waals surface area (Å²) in [6.07, 6.45) is 0. The van der Waals surface area contributed by atoms with Gasteiger partial charge in [-0.25, -0.2) is 0 Å². The fourth-order valence-corrected chi connectivity index (χ4v) is 2.06. The van der Waals surface area contributed by atoms with E-state index in [4.69, 9.17) is 17.3 Å². The van der Waals surface area contributed by atoms with Gasteiger partial charge < -0.3 is 5.73 Å². The maximum absolute atomic E-state index is 5.88. The summed E-state index contributed by atoms with van der Waals surface area (Å²) in [4.78, 5) is 2.22. The Hall–Kier alpha value is 0.200. The molecule has 1 rings (SSSR count). The van der Waals surface area contributed by atoms with Crippen molar-refractivity contribution in [1.29, 1.82) is 0 Å². The molecule has 1 aromatic rings. The zero-order valence-corrected chi connectivity index (χ0v) is 12.6. The Bertz CT molecular complexity index is 334. The van der Waals surface area contributed by atoms with Crippen LogP contribution in [0.2, 0.25) is 5.02 Å². The number of nitrogens with two attached hydrogens (primary N) is 1. The highest BCUT2D eigenvalue weighted by Crippen LogP contribution is 2.22. The lowest BCUT2D eigenvalue weighted by Crippen LogP contribution is -2.34. The number of halogens is 3. The van der Waals surface area contributed by atoms with Crippen molar-refractivity contribution in [3.05, 3.63) is 33.3 Å². The van der Waals surface area contributed by atoms with Crippen molar-refractivity contribution in [2.24, 2.45) is 5.73 Å². The van der Waals surface area contributed by atoms with Crippen LogP contribution in [0, 0.1) is 0 Å². The lowest BCUT2D eigenvalue weighted by molar-refractivity contribution is 0.254. The molecule has 0 aliphatic rings. The highest BCUT2D eigenvalue weighted by molar-refractivity contribution is 9.10. The number of rotatable bonds is 4. The summed E-state index contributed by atoms with van der Waals surface area (Å²) in [5.74, 6) is 0. The van der Waals surface area contributed by atoms with Crippen LogP contribution in [0.1, 0.15) is 12.5 Å². The molecule has 92 valence electrons. The maximum Gasteiger partial charge on any atom is 0.0417 e. The molecule has 0 saturated heterocycles. The van der Waals surface area contributed by atoms with Gasteiger partial charge in [0.15, 0.2) is 0 Å². The highest BCUT2D eigenvalue weighted by atomic mass is 79.9. The molecule has 0 fully saturated rings. The Kier molecular flexibility index (Phi) is 7.61. The lowest BCUT2D eigenvalue weighted by Gasteiger charge is -2.23. The van der Waals surface area contributed by atoms with E-state index in [0.29, 0.717) is 12.6 Å². The summed E-state index contributed by atoms with van der Waals surface area (Å²) in [6.45, 7) is 3.65. The van der Waals surface area contributed by atoms with Gasteiger partial charge in [-0.15, -0.1) is 12.4 Å². The van der Waals surface area contributed by atoms with Crippen molar-refractivity contribution >= 4 is 39.9 Å². The predicted molar refractivity (Wildman–Crippen MR) is 76.4 cm³/mol. The molecule has 0 heterocycles. The molecule has 0 aromatic heterocycles. The van der Waals surface area contributed by atoms with Crippen LogP contribution in [0.5, 0.6) is 0 Å². The van der Waals surface area contributed by atoms with E-state index < -0.39 is 0 Å². The fourth-order valence-electron chi connectivity index (χ4n) is 1.25. The second-order valence-electron chi connectivity index (χ2n) is 3.74. The lowest BCUT2D eigenvalue weighted by atomic mass is 10.2. The zero-order valence-electron chi connectivity index (χ0n) is 9.41. The minimum atomic E-state index is 0. The molecule has 1 atom stereocenters. The molecular weight excluding hydrogens is 311 g/mol. The van der Waals surface area contributed by atoms with Crippen LogP contribution in [-0.2, 0) is 6.54 Å². The predicted octanol–water partition coefficient (Wildman–Crippen LogP) is 3.30. The van der Waals surface area contributed by atoms with Crippen LogP contribution in [0.4, 0.5) is 0 Å². The van der Waals surface area contributed by atoms with Gasteiger partial charge in [-0.2, -0.15) is 0 Å². The van der Waals surface area contributed by atoms with Crippen molar-refractivity contribution in [1.82, 2.24) is 4.90 Å². The molecule has 2 N–H and O–H groups in total. The second-order valence-corrected chi connectivity index (χ2v) is 5.03. The third-order valence-corrected chi connectivity index (χ3v) is 3.50. The molecule has 1 aromatic carbocycles. The zero-order chi connectivity index (χ0) is 11.4. The van der Waals surface area contributed by atoms with E-state index in [-0.39, 0.29) is 12.4 Å². The Balaban J connectivity index is 0.00000225. The molecule has 0 aliphatic carbocycles. The molecule has 0 amide bonds. The molecule has 5 heteroatoms. The summed E-state index contributed by atoms with van der Waals surface area (Å²) in [6, 6.07) is 6.24. The topological polar surface area (TPSA) is 29.3 Å². The standard InChI is InChI=1S/C11H16BrClN2.ClH/c1-8(6-14)15(2)7-9-3-4-10(13)5-11(9)12;/h3-5,8H,6-7,14H2,1-2H3;1H. The van der Waals surface area contributed by atoms with Crippen molar-refractivity contribution in [3.63, 3.8) is 0 Å². The summed E-state index contributed by atoms with van der Waals surface area (Å²) < 4.78 is 1.05. The van der Waals surface area contributed by atoms with Gasteiger partial charge in [0.2, 0.25) is 0 Å². The Morgan fingerprint density at radius 1 is 1.50 bits per heavy atom. The van der Waals surface area contributed by atoms with E-state index in [9.17, 15) is 0 Å². The Morgan fingerprint density at radius 2 is 2.12 bits per heavy atom. The van der Waals surface area contributed by atoms with E-state index in [1.165, 1.54) is 5.56 Å². The largest absolute Gasteiger partial charge is 0.329 e. The van der Waals surface area contributed by atoms with Gasteiger partial charge in [-0.05, 0) is 31.7 Å². The Morgan fingerprint density at radius 3 is 2.62 bits per heavy atom. The van der Waals surface area contributed by atoms with Gasteiger partial charge in [0.25, 0.3) is 0 Å². The van der Waals surface area contributed by atoms with E-state index in [1.54, 1.807) is 0 Å². The quantitative estimate of drug-likeness (QED) is 0.919. The first-order valence-corrected chi connectivity index (χ1v) is 6.06. The molecule has 0 bridgehead atoms. The van der Waals surface area contributed by atoms with Crippen LogP contribution >= 0.6 is 39.9 Å². The molecule has 0 saturated carbocycles. The number of hydrogen-bond donors (Lipinski definition) is 1. The van der Waals surface area contributed by atoms with Crippen LogP contribution in [0.3, 0.4) is 0 Å². The normalized spacial score (nSPS) is 12.4. The van der Waals surface area contributed by atoms with Gasteiger partial charge in [0.05, 0.1) is 0 Å². The van der Waals surface area contributed by atoms with Crippen molar-refractivity contribution in [2.45, 2.75) is 19.5 Å². The highest BCUT2D eigenvalue weighted by Gasteiger charge is 2.09. The van der Waals surface area contributed by atoms with E-state index in [1.807, 2.05) is 18.2 Å². The van der Waals surface area contributed by atoms with Crippen LogP contribution in [0.15, 0.2) is 22.7 Å². The van der Waals surface area contributed by atoms with Gasteiger partial charge in [-0.1, -0.05) is 33.6 Å². The number of hydrogen-bond acceptors (Lipinski definition) is 2. The molecule has 2 nitrogen and oxygen atoms in total. The summed E-state index contributed by atoms with van der Waals surface area (Å²) in [7, 11) is 2.07. The number of likely N-dealkylation sites (N-methyl/N-ethyl adjacent to an activating group) is 1. The fraction of sp³-hybridized carbons (Fsp3) is 0.455. The van der Waals surface area contributed by atoms with Gasteiger partial charge in [0.1, 0.15) is 0 Å². The second kappa shape index (κ2) is 7.51. The third kappa shape index (κ3) is 4.60. The van der Waals surface area contributed by atoms with Crippen LogP contribution < -0.4 is 5.73 Å². The van der Waals surface area contributed by atoms with Gasteiger partial charge >= 0.3 is 0 Å². The van der Waals surface area contributed by atoms with E-state index >= 15 is 0 Å². The number of benzene rings is 1. The number of nitrogens with zero attached hydrogens (tertiary/aromatic N) is 1. The average Bonchev–Trinajstić information content (AvgIpc) is 2.20. The smallest absolute Gasteiger partial charge is 0.0417 e. The first-order chi connectivity index (χ1) is 7.04. The summed E-state index contributed by atoms with van der Waals surface area (Å²) in [5.41, 5.74) is 6.84. The molecule has 0 aliphatic heterocycles. The minimum absolute atomic E-state index is 0. The molecule has 0 spiro atoms. The maximum atomic E-state index is 5.88. The molecule has 1 unspecified atom stereocenters. The monoisotopic (exact) mass is 326 g/mol.